The van der Waals surface area contributed by atoms with Gasteiger partial charge in [0.15, 0.2) is 18.2 Å². The van der Waals surface area contributed by atoms with E-state index in [1.54, 1.807) is 20.1 Å². The zero-order chi connectivity index (χ0) is 24.9. The number of carbonyl (C=O) groups is 2. The van der Waals surface area contributed by atoms with Crippen LogP contribution in [-0.2, 0) is 9.53 Å². The molecule has 180 valence electrons. The molecule has 9 nitrogen and oxygen atoms in total. The van der Waals surface area contributed by atoms with Crippen LogP contribution in [0, 0.1) is 13.8 Å². The van der Waals surface area contributed by atoms with E-state index >= 15 is 0 Å². The van der Waals surface area contributed by atoms with Crippen molar-refractivity contribution in [1.82, 2.24) is 14.8 Å². The highest BCUT2D eigenvalue weighted by atomic mass is 16.5. The van der Waals surface area contributed by atoms with Crippen LogP contribution in [0.3, 0.4) is 0 Å². The Morgan fingerprint density at radius 2 is 1.80 bits per heavy atom. The minimum absolute atomic E-state index is 0.107. The summed E-state index contributed by atoms with van der Waals surface area (Å²) in [6.07, 6.45) is 1.35. The van der Waals surface area contributed by atoms with Gasteiger partial charge in [0.05, 0.1) is 19.9 Å². The van der Waals surface area contributed by atoms with Gasteiger partial charge in [-0.1, -0.05) is 30.3 Å². The number of rotatable bonds is 8. The Morgan fingerprint density at radius 3 is 2.54 bits per heavy atom. The van der Waals surface area contributed by atoms with E-state index in [1.807, 2.05) is 56.3 Å². The van der Waals surface area contributed by atoms with Crippen LogP contribution >= 0.6 is 0 Å². The highest BCUT2D eigenvalue weighted by molar-refractivity contribution is 6.01. The Balaban J connectivity index is 1.71. The molecule has 0 aliphatic heterocycles. The second kappa shape index (κ2) is 10.3. The zero-order valence-corrected chi connectivity index (χ0v) is 20.0. The van der Waals surface area contributed by atoms with Crippen molar-refractivity contribution in [3.63, 3.8) is 0 Å². The summed E-state index contributed by atoms with van der Waals surface area (Å²) in [5, 5.41) is 8.00. The number of aryl methyl sites for hydroxylation is 2. The number of nitrogens with one attached hydrogen (secondary N) is 1. The van der Waals surface area contributed by atoms with Crippen molar-refractivity contribution in [2.24, 2.45) is 0 Å². The van der Waals surface area contributed by atoms with Crippen LogP contribution in [0.2, 0.25) is 0 Å². The lowest BCUT2D eigenvalue weighted by Crippen LogP contribution is -2.24. The van der Waals surface area contributed by atoms with Gasteiger partial charge in [-0.3, -0.25) is 4.79 Å². The maximum absolute atomic E-state index is 12.8. The second-order valence-corrected chi connectivity index (χ2v) is 7.80. The van der Waals surface area contributed by atoms with Crippen LogP contribution in [0.4, 0.5) is 5.82 Å². The van der Waals surface area contributed by atoms with Crippen molar-refractivity contribution in [1.29, 1.82) is 0 Å². The summed E-state index contributed by atoms with van der Waals surface area (Å²) in [7, 11) is 1.57. The third kappa shape index (κ3) is 4.93. The normalized spacial score (nSPS) is 10.7. The Kier molecular flexibility index (Phi) is 6.96. The Hall–Kier alpha value is -4.40. The lowest BCUT2D eigenvalue weighted by molar-refractivity contribution is -0.118. The summed E-state index contributed by atoms with van der Waals surface area (Å²) >= 11 is 0. The third-order valence-electron chi connectivity index (χ3n) is 5.41. The van der Waals surface area contributed by atoms with Crippen molar-refractivity contribution in [2.75, 3.05) is 25.6 Å². The molecule has 1 N–H and O–H groups in total. The average molecular weight is 475 g/mol. The minimum atomic E-state index is -0.607. The van der Waals surface area contributed by atoms with Gasteiger partial charge in [-0.05, 0) is 50.1 Å². The molecule has 0 aliphatic carbocycles. The number of methoxy groups -OCH3 is 1. The molecule has 4 rings (SSSR count). The molecule has 9 heteroatoms. The molecule has 0 unspecified atom stereocenters. The first-order valence-electron chi connectivity index (χ1n) is 11.1. The summed E-state index contributed by atoms with van der Waals surface area (Å²) in [5.74, 6) is 0.677. The fraction of sp³-hybridized carbons (Fsp3) is 0.231. The van der Waals surface area contributed by atoms with Crippen LogP contribution in [0.1, 0.15) is 28.4 Å². The lowest BCUT2D eigenvalue weighted by atomic mass is 10.1. The van der Waals surface area contributed by atoms with Crippen LogP contribution in [0.15, 0.2) is 54.7 Å². The van der Waals surface area contributed by atoms with Gasteiger partial charge in [0.1, 0.15) is 22.6 Å². The molecule has 35 heavy (non-hydrogen) atoms. The number of hydrogen-bond donors (Lipinski definition) is 1. The van der Waals surface area contributed by atoms with E-state index in [1.165, 1.54) is 10.9 Å². The molecule has 1 amide bonds. The monoisotopic (exact) mass is 474 g/mol. The van der Waals surface area contributed by atoms with E-state index in [2.05, 4.69) is 10.4 Å². The van der Waals surface area contributed by atoms with Crippen molar-refractivity contribution in [2.45, 2.75) is 20.8 Å². The Labute approximate surface area is 202 Å². The van der Waals surface area contributed by atoms with Gasteiger partial charge >= 0.3 is 5.97 Å². The van der Waals surface area contributed by atoms with Crippen LogP contribution in [0.5, 0.6) is 11.5 Å². The predicted molar refractivity (Wildman–Crippen MR) is 131 cm³/mol. The van der Waals surface area contributed by atoms with Crippen LogP contribution in [0.25, 0.3) is 16.7 Å². The second-order valence-electron chi connectivity index (χ2n) is 7.80. The number of aromatic nitrogens is 3. The number of anilines is 1. The number of fused-ring (bicyclic) bond motifs is 1. The van der Waals surface area contributed by atoms with Gasteiger partial charge in [0.25, 0.3) is 5.91 Å². The molecule has 0 spiro atoms. The van der Waals surface area contributed by atoms with E-state index < -0.39 is 11.9 Å². The fourth-order valence-corrected chi connectivity index (χ4v) is 3.68. The topological polar surface area (TPSA) is 105 Å². The largest absolute Gasteiger partial charge is 0.494 e. The Bertz CT molecular complexity index is 1400. The fourth-order valence-electron chi connectivity index (χ4n) is 3.68. The van der Waals surface area contributed by atoms with Gasteiger partial charge < -0.3 is 19.5 Å². The molecule has 2 aromatic carbocycles. The molecule has 0 saturated heterocycles. The third-order valence-corrected chi connectivity index (χ3v) is 5.41. The minimum Gasteiger partial charge on any atom is -0.494 e. The van der Waals surface area contributed by atoms with E-state index in [4.69, 9.17) is 19.2 Å². The number of carbonyl (C=O) groups excluding carboxylic acids is 2. The maximum atomic E-state index is 12.8. The van der Waals surface area contributed by atoms with Gasteiger partial charge in [0.2, 0.25) is 0 Å². The number of hydrogen-bond acceptors (Lipinski definition) is 7. The number of benzene rings is 2. The van der Waals surface area contributed by atoms with Crippen molar-refractivity contribution in [3.05, 3.63) is 71.4 Å². The first-order valence-corrected chi connectivity index (χ1v) is 11.1. The molecule has 0 saturated carbocycles. The number of pyridine rings is 1. The SMILES string of the molecule is CCOC(=O)c1cnn(-c2cc(C)c3cccc(OC)c3n2)c1NC(=O)COc1ccccc1C. The molecular weight excluding hydrogens is 448 g/mol. The van der Waals surface area contributed by atoms with Gasteiger partial charge in [-0.2, -0.15) is 9.78 Å². The van der Waals surface area contributed by atoms with Gasteiger partial charge in [-0.25, -0.2) is 9.78 Å². The van der Waals surface area contributed by atoms with Gasteiger partial charge in [0, 0.05) is 5.39 Å². The number of amides is 1. The number of esters is 1. The molecule has 2 heterocycles. The van der Waals surface area contributed by atoms with Crippen LogP contribution in [-0.4, -0.2) is 47.0 Å². The van der Waals surface area contributed by atoms with Crippen LogP contribution < -0.4 is 14.8 Å². The highest BCUT2D eigenvalue weighted by Gasteiger charge is 2.23. The van der Waals surface area contributed by atoms with E-state index in [-0.39, 0.29) is 24.6 Å². The highest BCUT2D eigenvalue weighted by Crippen LogP contribution is 2.29. The van der Waals surface area contributed by atoms with E-state index in [0.717, 1.165) is 16.5 Å². The molecule has 0 bridgehead atoms. The quantitative estimate of drug-likeness (QED) is 0.381. The molecule has 0 aliphatic rings. The van der Waals surface area contributed by atoms with Crippen molar-refractivity contribution >= 4 is 28.6 Å². The number of nitrogens with zero attached hydrogens (tertiary/aromatic N) is 3. The van der Waals surface area contributed by atoms with Crippen molar-refractivity contribution in [3.8, 4) is 17.3 Å². The first-order chi connectivity index (χ1) is 16.9. The lowest BCUT2D eigenvalue weighted by Gasteiger charge is -2.14. The average Bonchev–Trinajstić information content (AvgIpc) is 3.26. The van der Waals surface area contributed by atoms with E-state index in [0.29, 0.717) is 22.8 Å². The van der Waals surface area contributed by atoms with Crippen molar-refractivity contribution < 1.29 is 23.8 Å². The standard InChI is InChI=1S/C26H26N4O5/c1-5-34-26(32)19-14-27-30(22-13-17(3)18-10-8-12-21(33-4)24(18)28-22)25(19)29-23(31)15-35-20-11-7-6-9-16(20)2/h6-14H,5,15H2,1-4H3,(H,29,31). The molecule has 0 atom stereocenters. The molecule has 0 fully saturated rings. The van der Waals surface area contributed by atoms with E-state index in [9.17, 15) is 9.59 Å². The maximum Gasteiger partial charge on any atom is 0.343 e. The summed E-state index contributed by atoms with van der Waals surface area (Å²) in [6, 6.07) is 14.9. The summed E-state index contributed by atoms with van der Waals surface area (Å²) in [4.78, 5) is 30.1. The Morgan fingerprint density at radius 1 is 1.03 bits per heavy atom. The van der Waals surface area contributed by atoms with Gasteiger partial charge in [-0.15, -0.1) is 0 Å². The predicted octanol–water partition coefficient (Wildman–Crippen LogP) is 4.24. The molecule has 4 aromatic rings. The molecular formula is C26H26N4O5. The summed E-state index contributed by atoms with van der Waals surface area (Å²) in [5.41, 5.74) is 2.58. The number of para-hydroxylation sites is 2. The first kappa shape index (κ1) is 23.7. The smallest absolute Gasteiger partial charge is 0.343 e. The number of ether oxygens (including phenoxy) is 3. The molecule has 2 aromatic heterocycles. The summed E-state index contributed by atoms with van der Waals surface area (Å²) in [6.45, 7) is 5.46. The molecule has 0 radical (unpaired) electrons. The zero-order valence-electron chi connectivity index (χ0n) is 20.0. The summed E-state index contributed by atoms with van der Waals surface area (Å²) < 4.78 is 17.7.